The molecule has 16 heteroatoms. The molecule has 0 bridgehead atoms. The van der Waals surface area contributed by atoms with E-state index in [1.165, 1.54) is 0 Å². The van der Waals surface area contributed by atoms with Crippen molar-refractivity contribution in [2.24, 2.45) is 5.73 Å². The number of aliphatic hydroxyl groups is 5. The molecule has 28 heavy (non-hydrogen) atoms. The van der Waals surface area contributed by atoms with Gasteiger partial charge in [0.05, 0.1) is 12.6 Å². The van der Waals surface area contributed by atoms with Gasteiger partial charge >= 0.3 is 16.4 Å². The lowest BCUT2D eigenvalue weighted by Crippen LogP contribution is -2.66. The first-order valence-electron chi connectivity index (χ1n) is 7.80. The van der Waals surface area contributed by atoms with Crippen LogP contribution in [-0.4, -0.2) is 118 Å². The molecule has 2 fully saturated rings. The number of carboxylic acid groups (broad SMARTS) is 1. The van der Waals surface area contributed by atoms with Crippen molar-refractivity contribution in [1.29, 1.82) is 0 Å². The Balaban J connectivity index is 2.21. The predicted molar refractivity (Wildman–Crippen MR) is 81.6 cm³/mol. The van der Waals surface area contributed by atoms with Crippen molar-refractivity contribution < 1.29 is 66.8 Å². The lowest BCUT2D eigenvalue weighted by Gasteiger charge is -2.45. The summed E-state index contributed by atoms with van der Waals surface area (Å²) < 4.78 is 49.3. The SMILES string of the molecule is N[C@@H]1[C@@H](O)[C@H](O[C@@H]2O[C@H](C(=O)O)[C@@H](O)[C@H](O)[C@H]2O)[C@@H](COS(=O)(=O)O)O[C@@H]1O. The smallest absolute Gasteiger partial charge is 0.397 e. The number of aliphatic hydroxyl groups excluding tert-OH is 5. The average molecular weight is 435 g/mol. The fourth-order valence-corrected chi connectivity index (χ4v) is 3.04. The number of ether oxygens (including phenoxy) is 3. The van der Waals surface area contributed by atoms with Crippen LogP contribution in [0.25, 0.3) is 0 Å². The quantitative estimate of drug-likeness (QED) is 0.181. The van der Waals surface area contributed by atoms with Crippen LogP contribution < -0.4 is 5.73 Å². The molecule has 0 radical (unpaired) electrons. The van der Waals surface area contributed by atoms with Gasteiger partial charge in [-0.25, -0.2) is 8.98 Å². The zero-order chi connectivity index (χ0) is 21.4. The molecule has 0 aliphatic carbocycles. The van der Waals surface area contributed by atoms with E-state index in [-0.39, 0.29) is 0 Å². The number of rotatable bonds is 6. The highest BCUT2D eigenvalue weighted by Crippen LogP contribution is 2.28. The number of aliphatic carboxylic acids is 1. The summed E-state index contributed by atoms with van der Waals surface area (Å²) in [6, 6.07) is -1.47. The zero-order valence-corrected chi connectivity index (χ0v) is 14.8. The van der Waals surface area contributed by atoms with Gasteiger partial charge in [0.1, 0.15) is 36.6 Å². The van der Waals surface area contributed by atoms with Crippen molar-refractivity contribution in [2.45, 2.75) is 61.3 Å². The zero-order valence-electron chi connectivity index (χ0n) is 14.0. The first-order chi connectivity index (χ1) is 12.8. The molecule has 10 atom stereocenters. The highest BCUT2D eigenvalue weighted by atomic mass is 32.3. The fraction of sp³-hybridized carbons (Fsp3) is 0.917. The first-order valence-corrected chi connectivity index (χ1v) is 9.17. The number of hydrogen-bond acceptors (Lipinski definition) is 13. The largest absolute Gasteiger partial charge is 0.479 e. The van der Waals surface area contributed by atoms with E-state index in [1.807, 2.05) is 0 Å². The molecule has 0 unspecified atom stereocenters. The van der Waals surface area contributed by atoms with Gasteiger partial charge in [0.25, 0.3) is 0 Å². The monoisotopic (exact) mass is 435 g/mol. The normalized spacial score (nSPS) is 45.0. The van der Waals surface area contributed by atoms with E-state index in [9.17, 15) is 38.7 Å². The van der Waals surface area contributed by atoms with Crippen LogP contribution in [0, 0.1) is 0 Å². The first kappa shape index (κ1) is 23.3. The molecule has 2 rings (SSSR count). The Labute approximate surface area is 157 Å². The van der Waals surface area contributed by atoms with E-state index in [0.717, 1.165) is 0 Å². The Bertz CT molecular complexity index is 659. The third kappa shape index (κ3) is 5.12. The van der Waals surface area contributed by atoms with Gasteiger partial charge in [-0.05, 0) is 0 Å². The van der Waals surface area contributed by atoms with Gasteiger partial charge in [-0.1, -0.05) is 0 Å². The van der Waals surface area contributed by atoms with Gasteiger partial charge in [-0.15, -0.1) is 0 Å². The van der Waals surface area contributed by atoms with Crippen molar-refractivity contribution in [1.82, 2.24) is 0 Å². The summed E-state index contributed by atoms with van der Waals surface area (Å²) in [5, 5.41) is 58.3. The molecule has 0 saturated carbocycles. The van der Waals surface area contributed by atoms with E-state index < -0.39 is 84.3 Å². The molecule has 15 nitrogen and oxygen atoms in total. The molecule has 2 aliphatic rings. The molecular weight excluding hydrogens is 414 g/mol. The maximum Gasteiger partial charge on any atom is 0.397 e. The third-order valence-corrected chi connectivity index (χ3v) is 4.66. The lowest BCUT2D eigenvalue weighted by atomic mass is 9.96. The van der Waals surface area contributed by atoms with E-state index in [0.29, 0.717) is 0 Å². The minimum Gasteiger partial charge on any atom is -0.479 e. The standard InChI is InChI=1S/C12H21NO14S/c13-3-4(14)8(2(25-11(3)20)1-24-28(21,22)23)26-12-7(17)5(15)6(16)9(27-12)10(18)19/h2-9,11-12,14-17,20H,1,13H2,(H,18,19)(H,21,22,23)/t2-,3-,4-,5+,6+,7-,8-,9+,11+,12-/m1/s1. The summed E-state index contributed by atoms with van der Waals surface area (Å²) in [4.78, 5) is 11.1. The summed E-state index contributed by atoms with van der Waals surface area (Å²) in [6.07, 6.45) is -16.7. The van der Waals surface area contributed by atoms with Crippen LogP contribution in [0.2, 0.25) is 0 Å². The second-order valence-electron chi connectivity index (χ2n) is 6.18. The van der Waals surface area contributed by atoms with Crippen molar-refractivity contribution in [3.05, 3.63) is 0 Å². The molecule has 9 N–H and O–H groups in total. The summed E-state index contributed by atoms with van der Waals surface area (Å²) >= 11 is 0. The van der Waals surface area contributed by atoms with Gasteiger partial charge in [0.15, 0.2) is 18.7 Å². The van der Waals surface area contributed by atoms with Crippen LogP contribution in [0.1, 0.15) is 0 Å². The lowest BCUT2D eigenvalue weighted by molar-refractivity contribution is -0.338. The number of carbonyl (C=O) groups is 1. The Morgan fingerprint density at radius 2 is 1.61 bits per heavy atom. The van der Waals surface area contributed by atoms with Gasteiger partial charge in [-0.3, -0.25) is 4.55 Å². The molecule has 0 aromatic carbocycles. The maximum absolute atomic E-state index is 11.1. The van der Waals surface area contributed by atoms with Crippen molar-refractivity contribution >= 4 is 16.4 Å². The molecule has 0 amide bonds. The van der Waals surface area contributed by atoms with Crippen molar-refractivity contribution in [2.75, 3.05) is 6.61 Å². The minimum absolute atomic E-state index is 0.972. The molecule has 2 aliphatic heterocycles. The number of nitrogens with two attached hydrogens (primary N) is 1. The Morgan fingerprint density at radius 1 is 1.00 bits per heavy atom. The van der Waals surface area contributed by atoms with Crippen LogP contribution in [-0.2, 0) is 33.6 Å². The van der Waals surface area contributed by atoms with Crippen molar-refractivity contribution in [3.63, 3.8) is 0 Å². The van der Waals surface area contributed by atoms with E-state index in [2.05, 4.69) is 4.18 Å². The van der Waals surface area contributed by atoms with Crippen LogP contribution in [0.3, 0.4) is 0 Å². The average Bonchev–Trinajstić information content (AvgIpc) is 2.59. The second kappa shape index (κ2) is 8.78. The second-order valence-corrected chi connectivity index (χ2v) is 7.27. The summed E-state index contributed by atoms with van der Waals surface area (Å²) in [6.45, 7) is -0.972. The molecule has 0 aromatic rings. The molecule has 2 saturated heterocycles. The highest BCUT2D eigenvalue weighted by Gasteiger charge is 2.51. The summed E-state index contributed by atoms with van der Waals surface area (Å²) in [5.41, 5.74) is 5.52. The van der Waals surface area contributed by atoms with Gasteiger partial charge in [0.2, 0.25) is 0 Å². The molecule has 0 aromatic heterocycles. The Hall–Kier alpha value is -1.02. The fourth-order valence-electron chi connectivity index (χ4n) is 2.73. The topological polar surface area (TPSA) is 256 Å². The third-order valence-electron chi connectivity index (χ3n) is 4.23. The number of carboxylic acids is 1. The van der Waals surface area contributed by atoms with Crippen LogP contribution >= 0.6 is 0 Å². The maximum atomic E-state index is 11.1. The van der Waals surface area contributed by atoms with E-state index in [4.69, 9.17) is 29.6 Å². The molecular formula is C12H21NO14S. The van der Waals surface area contributed by atoms with Crippen LogP contribution in [0.4, 0.5) is 0 Å². The van der Waals surface area contributed by atoms with Gasteiger partial charge < -0.3 is 50.6 Å². The van der Waals surface area contributed by atoms with E-state index >= 15 is 0 Å². The van der Waals surface area contributed by atoms with Crippen LogP contribution in [0.15, 0.2) is 0 Å². The van der Waals surface area contributed by atoms with E-state index in [1.54, 1.807) is 0 Å². The predicted octanol–water partition coefficient (Wildman–Crippen LogP) is -5.51. The minimum atomic E-state index is -4.94. The summed E-state index contributed by atoms with van der Waals surface area (Å²) in [7, 11) is -4.94. The Kier molecular flexibility index (Phi) is 7.29. The Morgan fingerprint density at radius 3 is 2.14 bits per heavy atom. The van der Waals surface area contributed by atoms with Gasteiger partial charge in [0, 0.05) is 0 Å². The van der Waals surface area contributed by atoms with Crippen LogP contribution in [0.5, 0.6) is 0 Å². The number of hydrogen-bond donors (Lipinski definition) is 8. The summed E-state index contributed by atoms with van der Waals surface area (Å²) in [5.74, 6) is -1.69. The van der Waals surface area contributed by atoms with Crippen molar-refractivity contribution in [3.8, 4) is 0 Å². The van der Waals surface area contributed by atoms with Gasteiger partial charge in [-0.2, -0.15) is 8.42 Å². The molecule has 0 spiro atoms. The molecule has 2 heterocycles. The molecule has 164 valence electrons. The highest BCUT2D eigenvalue weighted by molar-refractivity contribution is 7.80.